The van der Waals surface area contributed by atoms with Crippen LogP contribution >= 0.6 is 35.6 Å². The van der Waals surface area contributed by atoms with Gasteiger partial charge in [0.2, 0.25) is 0 Å². The van der Waals surface area contributed by atoms with Gasteiger partial charge in [-0.05, 0) is 44.0 Å². The quantitative estimate of drug-likeness (QED) is 0.279. The molecule has 1 amide bonds. The molecule has 0 radical (unpaired) electrons. The summed E-state index contributed by atoms with van der Waals surface area (Å²) in [7, 11) is 0. The zero-order valence-electron chi connectivity index (χ0n) is 15.7. The van der Waals surface area contributed by atoms with Crippen LogP contribution in [0.4, 0.5) is 0 Å². The van der Waals surface area contributed by atoms with Crippen molar-refractivity contribution >= 4 is 47.4 Å². The summed E-state index contributed by atoms with van der Waals surface area (Å²) in [4.78, 5) is 19.1. The molecule has 0 bridgehead atoms. The Bertz CT molecular complexity index is 648. The summed E-state index contributed by atoms with van der Waals surface area (Å²) in [6.45, 7) is 7.68. The first kappa shape index (κ1) is 22.2. The number of aliphatic imine (C=N–C) groups is 1. The second kappa shape index (κ2) is 10.5. The van der Waals surface area contributed by atoms with Gasteiger partial charge in [0.15, 0.2) is 5.96 Å². The minimum Gasteiger partial charge on any atom is -0.381 e. The first-order valence-corrected chi connectivity index (χ1v) is 9.64. The van der Waals surface area contributed by atoms with Gasteiger partial charge in [-0.3, -0.25) is 9.79 Å². The molecule has 6 nitrogen and oxygen atoms in total. The Morgan fingerprint density at radius 2 is 2.07 bits per heavy atom. The summed E-state index contributed by atoms with van der Waals surface area (Å²) >= 11 is 5.85. The third-order valence-corrected chi connectivity index (χ3v) is 5.28. The molecule has 27 heavy (non-hydrogen) atoms. The van der Waals surface area contributed by atoms with Crippen LogP contribution in [0.2, 0.25) is 5.02 Å². The molecule has 8 heteroatoms. The van der Waals surface area contributed by atoms with Crippen molar-refractivity contribution in [3.63, 3.8) is 0 Å². The molecular weight excluding hydrogens is 479 g/mol. The Kier molecular flexibility index (Phi) is 8.62. The summed E-state index contributed by atoms with van der Waals surface area (Å²) in [6, 6.07) is 6.87. The van der Waals surface area contributed by atoms with Gasteiger partial charge in [0.05, 0.1) is 13.2 Å². The van der Waals surface area contributed by atoms with Gasteiger partial charge in [-0.1, -0.05) is 11.6 Å². The zero-order valence-corrected chi connectivity index (χ0v) is 18.8. The molecule has 1 unspecified atom stereocenters. The van der Waals surface area contributed by atoms with Crippen molar-refractivity contribution in [1.82, 2.24) is 15.5 Å². The Labute approximate surface area is 183 Å². The van der Waals surface area contributed by atoms with Gasteiger partial charge in [0, 0.05) is 48.8 Å². The Morgan fingerprint density at radius 1 is 1.30 bits per heavy atom. The van der Waals surface area contributed by atoms with Gasteiger partial charge in [0.1, 0.15) is 0 Å². The molecule has 150 valence electrons. The van der Waals surface area contributed by atoms with E-state index in [1.54, 1.807) is 24.3 Å². The maximum Gasteiger partial charge on any atom is 0.251 e. The normalized spacial score (nSPS) is 22.0. The number of carbonyl (C=O) groups is 1. The number of benzene rings is 1. The summed E-state index contributed by atoms with van der Waals surface area (Å²) in [5.41, 5.74) is 0.909. The lowest BCUT2D eigenvalue weighted by Gasteiger charge is -2.25. The molecule has 0 aliphatic carbocycles. The number of carbonyl (C=O) groups excluding carboxylic acids is 1. The number of hydrogen-bond acceptors (Lipinski definition) is 3. The van der Waals surface area contributed by atoms with E-state index < -0.39 is 0 Å². The molecule has 2 aliphatic heterocycles. The first-order valence-electron chi connectivity index (χ1n) is 9.27. The molecule has 0 saturated carbocycles. The van der Waals surface area contributed by atoms with E-state index in [0.717, 1.165) is 51.6 Å². The monoisotopic (exact) mass is 506 g/mol. The molecule has 2 fully saturated rings. The van der Waals surface area contributed by atoms with Crippen LogP contribution in [0.25, 0.3) is 0 Å². The van der Waals surface area contributed by atoms with Gasteiger partial charge in [-0.15, -0.1) is 24.0 Å². The first-order chi connectivity index (χ1) is 12.6. The summed E-state index contributed by atoms with van der Waals surface area (Å²) < 4.78 is 5.60. The number of rotatable bonds is 5. The third kappa shape index (κ3) is 5.96. The van der Waals surface area contributed by atoms with Crippen molar-refractivity contribution in [2.75, 3.05) is 45.9 Å². The van der Waals surface area contributed by atoms with Crippen molar-refractivity contribution in [3.8, 4) is 0 Å². The zero-order chi connectivity index (χ0) is 18.4. The summed E-state index contributed by atoms with van der Waals surface area (Å²) in [5, 5.41) is 6.89. The number of amides is 1. The largest absolute Gasteiger partial charge is 0.381 e. The van der Waals surface area contributed by atoms with E-state index in [2.05, 4.69) is 27.4 Å². The average molecular weight is 507 g/mol. The SMILES string of the molecule is CCNC(=NCCNC(=O)c1ccc(Cl)cc1)N1CCC2(CCOC2)C1.I. The maximum atomic E-state index is 12.1. The highest BCUT2D eigenvalue weighted by Crippen LogP contribution is 2.38. The van der Waals surface area contributed by atoms with Gasteiger partial charge in [-0.25, -0.2) is 0 Å². The fourth-order valence-electron chi connectivity index (χ4n) is 3.55. The lowest BCUT2D eigenvalue weighted by Crippen LogP contribution is -2.42. The van der Waals surface area contributed by atoms with E-state index in [1.807, 2.05) is 0 Å². The van der Waals surface area contributed by atoms with Crippen LogP contribution in [0.1, 0.15) is 30.1 Å². The summed E-state index contributed by atoms with van der Waals surface area (Å²) in [5.74, 6) is 0.821. The van der Waals surface area contributed by atoms with E-state index in [4.69, 9.17) is 16.3 Å². The van der Waals surface area contributed by atoms with E-state index in [1.165, 1.54) is 0 Å². The van der Waals surface area contributed by atoms with Gasteiger partial charge >= 0.3 is 0 Å². The number of nitrogens with zero attached hydrogens (tertiary/aromatic N) is 2. The van der Waals surface area contributed by atoms with Crippen LogP contribution < -0.4 is 10.6 Å². The van der Waals surface area contributed by atoms with Crippen molar-refractivity contribution in [3.05, 3.63) is 34.9 Å². The number of halogens is 2. The summed E-state index contributed by atoms with van der Waals surface area (Å²) in [6.07, 6.45) is 2.30. The number of nitrogens with one attached hydrogen (secondary N) is 2. The number of likely N-dealkylation sites (tertiary alicyclic amines) is 1. The van der Waals surface area contributed by atoms with Gasteiger partial charge in [-0.2, -0.15) is 0 Å². The number of ether oxygens (including phenoxy) is 1. The lowest BCUT2D eigenvalue weighted by molar-refractivity contribution is 0.0955. The predicted molar refractivity (Wildman–Crippen MR) is 119 cm³/mol. The third-order valence-electron chi connectivity index (χ3n) is 5.02. The Hall–Kier alpha value is -1.06. The molecule has 3 rings (SSSR count). The minimum atomic E-state index is -0.106. The number of guanidine groups is 1. The molecule has 2 aliphatic rings. The maximum absolute atomic E-state index is 12.1. The van der Waals surface area contributed by atoms with E-state index in [0.29, 0.717) is 29.1 Å². The second-order valence-electron chi connectivity index (χ2n) is 6.97. The molecule has 1 aromatic rings. The molecule has 1 aromatic carbocycles. The Balaban J connectivity index is 0.00000261. The lowest BCUT2D eigenvalue weighted by atomic mass is 9.87. The average Bonchev–Trinajstić information content (AvgIpc) is 3.28. The molecule has 2 N–H and O–H groups in total. The van der Waals surface area contributed by atoms with Crippen molar-refractivity contribution in [1.29, 1.82) is 0 Å². The topological polar surface area (TPSA) is 66.0 Å². The fraction of sp³-hybridized carbons (Fsp3) is 0.579. The van der Waals surface area contributed by atoms with Crippen LogP contribution in [0.15, 0.2) is 29.3 Å². The molecule has 1 spiro atoms. The Morgan fingerprint density at radius 3 is 2.74 bits per heavy atom. The molecule has 2 saturated heterocycles. The van der Waals surface area contributed by atoms with Crippen LogP contribution in [0, 0.1) is 5.41 Å². The smallest absolute Gasteiger partial charge is 0.251 e. The van der Waals surface area contributed by atoms with Crippen molar-refractivity contribution < 1.29 is 9.53 Å². The highest BCUT2D eigenvalue weighted by atomic mass is 127. The standard InChI is InChI=1S/C19H27ClN4O2.HI/c1-2-21-18(24-11-7-19(13-24)8-12-26-14-19)23-10-9-22-17(25)15-3-5-16(20)6-4-15;/h3-6H,2,7-14H2,1H3,(H,21,23)(H,22,25);1H. The molecular formula is C19H28ClIN4O2. The number of hydrogen-bond donors (Lipinski definition) is 2. The molecule has 0 aromatic heterocycles. The molecule has 1 atom stereocenters. The van der Waals surface area contributed by atoms with Crippen molar-refractivity contribution in [2.24, 2.45) is 10.4 Å². The van der Waals surface area contributed by atoms with E-state index in [9.17, 15) is 4.79 Å². The highest BCUT2D eigenvalue weighted by molar-refractivity contribution is 14.0. The van der Waals surface area contributed by atoms with E-state index in [-0.39, 0.29) is 29.9 Å². The highest BCUT2D eigenvalue weighted by Gasteiger charge is 2.42. The fourth-order valence-corrected chi connectivity index (χ4v) is 3.67. The minimum absolute atomic E-state index is 0. The van der Waals surface area contributed by atoms with Gasteiger partial charge in [0.25, 0.3) is 5.91 Å². The van der Waals surface area contributed by atoms with Crippen LogP contribution in [0.5, 0.6) is 0 Å². The molecule has 2 heterocycles. The predicted octanol–water partition coefficient (Wildman–Crippen LogP) is 2.77. The second-order valence-corrected chi connectivity index (χ2v) is 7.41. The van der Waals surface area contributed by atoms with E-state index >= 15 is 0 Å². The van der Waals surface area contributed by atoms with Crippen LogP contribution in [-0.4, -0.2) is 62.7 Å². The van der Waals surface area contributed by atoms with Crippen LogP contribution in [0.3, 0.4) is 0 Å². The van der Waals surface area contributed by atoms with Crippen LogP contribution in [-0.2, 0) is 4.74 Å². The van der Waals surface area contributed by atoms with Crippen molar-refractivity contribution in [2.45, 2.75) is 19.8 Å². The van der Waals surface area contributed by atoms with Gasteiger partial charge < -0.3 is 20.3 Å².